The molecule has 3 aromatic rings. The van der Waals surface area contributed by atoms with Gasteiger partial charge in [0.05, 0.1) is 16.8 Å². The van der Waals surface area contributed by atoms with Crippen molar-refractivity contribution in [3.05, 3.63) is 65.3 Å². The number of hydrogen-bond acceptors (Lipinski definition) is 6. The molecule has 0 atom stereocenters. The lowest BCUT2D eigenvalue weighted by Crippen LogP contribution is -2.31. The molecule has 7 nitrogen and oxygen atoms in total. The molecule has 0 fully saturated rings. The van der Waals surface area contributed by atoms with Crippen molar-refractivity contribution in [1.82, 2.24) is 14.9 Å². The van der Waals surface area contributed by atoms with Crippen LogP contribution in [0, 0.1) is 0 Å². The maximum Gasteiger partial charge on any atom is 0.261 e. The Balaban J connectivity index is 1.30. The van der Waals surface area contributed by atoms with Crippen LogP contribution in [0.4, 0.5) is 5.13 Å². The maximum atomic E-state index is 12.3. The first kappa shape index (κ1) is 18.0. The number of thiazole rings is 1. The SMILES string of the molecule is O=C(CCCN1C(=O)c2ccccc2C1=O)Nc1nc(-c2cccnc2)cs1. The number of fused-ring (bicyclic) bond motifs is 1. The molecule has 0 radical (unpaired) electrons. The lowest BCUT2D eigenvalue weighted by Gasteiger charge is -2.13. The summed E-state index contributed by atoms with van der Waals surface area (Å²) in [6, 6.07) is 10.5. The standard InChI is InChI=1S/C20H16N4O3S/c25-17(23-20-22-16(12-28-20)13-5-3-9-21-11-13)8-4-10-24-18(26)14-6-1-2-7-15(14)19(24)27/h1-3,5-7,9,11-12H,4,8,10H2,(H,22,23,25). The van der Waals surface area contributed by atoms with Crippen molar-refractivity contribution in [3.8, 4) is 11.3 Å². The Kier molecular flexibility index (Phi) is 4.94. The summed E-state index contributed by atoms with van der Waals surface area (Å²) in [5.41, 5.74) is 2.47. The van der Waals surface area contributed by atoms with E-state index in [0.717, 1.165) is 11.3 Å². The lowest BCUT2D eigenvalue weighted by atomic mass is 10.1. The molecule has 0 saturated carbocycles. The quantitative estimate of drug-likeness (QED) is 0.650. The largest absolute Gasteiger partial charge is 0.302 e. The van der Waals surface area contributed by atoms with E-state index in [0.29, 0.717) is 22.7 Å². The molecule has 1 aliphatic rings. The summed E-state index contributed by atoms with van der Waals surface area (Å²) in [4.78, 5) is 46.4. The Morgan fingerprint density at radius 1 is 1.07 bits per heavy atom. The molecule has 0 aliphatic carbocycles. The molecule has 1 N–H and O–H groups in total. The van der Waals surface area contributed by atoms with E-state index in [9.17, 15) is 14.4 Å². The molecule has 3 heterocycles. The molecule has 1 aliphatic heterocycles. The fourth-order valence-corrected chi connectivity index (χ4v) is 3.74. The third kappa shape index (κ3) is 3.54. The van der Waals surface area contributed by atoms with Gasteiger partial charge >= 0.3 is 0 Å². The predicted molar refractivity (Wildman–Crippen MR) is 105 cm³/mol. The molecule has 3 amide bonds. The van der Waals surface area contributed by atoms with Crippen molar-refractivity contribution >= 4 is 34.2 Å². The normalized spacial score (nSPS) is 12.9. The molecule has 0 unspecified atom stereocenters. The lowest BCUT2D eigenvalue weighted by molar-refractivity contribution is -0.116. The number of nitrogens with zero attached hydrogens (tertiary/aromatic N) is 3. The second-order valence-electron chi connectivity index (χ2n) is 6.24. The van der Waals surface area contributed by atoms with Crippen molar-refractivity contribution in [2.24, 2.45) is 0 Å². The average Bonchev–Trinajstić information content (AvgIpc) is 3.28. The fraction of sp³-hybridized carbons (Fsp3) is 0.150. The molecule has 1 aromatic carbocycles. The highest BCUT2D eigenvalue weighted by molar-refractivity contribution is 7.14. The Hall–Kier alpha value is -3.39. The number of hydrogen-bond donors (Lipinski definition) is 1. The van der Waals surface area contributed by atoms with Gasteiger partial charge in [-0.15, -0.1) is 11.3 Å². The van der Waals surface area contributed by atoms with E-state index in [-0.39, 0.29) is 30.7 Å². The number of pyridine rings is 1. The van der Waals surface area contributed by atoms with Crippen LogP contribution in [0.15, 0.2) is 54.2 Å². The fourth-order valence-electron chi connectivity index (χ4n) is 3.00. The van der Waals surface area contributed by atoms with Crippen LogP contribution in [0.2, 0.25) is 0 Å². The van der Waals surface area contributed by atoms with Gasteiger partial charge in [-0.05, 0) is 30.7 Å². The third-order valence-electron chi connectivity index (χ3n) is 4.37. The van der Waals surface area contributed by atoms with E-state index in [1.807, 2.05) is 17.5 Å². The van der Waals surface area contributed by atoms with Crippen LogP contribution >= 0.6 is 11.3 Å². The van der Waals surface area contributed by atoms with E-state index in [2.05, 4.69) is 15.3 Å². The minimum atomic E-state index is -0.304. The second-order valence-corrected chi connectivity index (χ2v) is 7.10. The van der Waals surface area contributed by atoms with E-state index >= 15 is 0 Å². The highest BCUT2D eigenvalue weighted by atomic mass is 32.1. The minimum Gasteiger partial charge on any atom is -0.302 e. The minimum absolute atomic E-state index is 0.190. The molecule has 4 rings (SSSR count). The molecule has 2 aromatic heterocycles. The van der Waals surface area contributed by atoms with Crippen LogP contribution in [-0.2, 0) is 4.79 Å². The molecule has 8 heteroatoms. The average molecular weight is 392 g/mol. The summed E-state index contributed by atoms with van der Waals surface area (Å²) in [6.45, 7) is 0.207. The van der Waals surface area contributed by atoms with Gasteiger partial charge in [-0.2, -0.15) is 0 Å². The van der Waals surface area contributed by atoms with E-state index in [4.69, 9.17) is 0 Å². The summed E-state index contributed by atoms with van der Waals surface area (Å²) >= 11 is 1.33. The summed E-state index contributed by atoms with van der Waals surface area (Å²) in [5, 5.41) is 5.11. The molecule has 0 spiro atoms. The Morgan fingerprint density at radius 3 is 2.50 bits per heavy atom. The Labute approximate surface area is 165 Å². The van der Waals surface area contributed by atoms with E-state index < -0.39 is 0 Å². The molecule has 28 heavy (non-hydrogen) atoms. The highest BCUT2D eigenvalue weighted by Crippen LogP contribution is 2.25. The number of benzene rings is 1. The van der Waals surface area contributed by atoms with Gasteiger partial charge in [0.15, 0.2) is 5.13 Å². The van der Waals surface area contributed by atoms with Crippen molar-refractivity contribution in [1.29, 1.82) is 0 Å². The Morgan fingerprint density at radius 2 is 1.82 bits per heavy atom. The topological polar surface area (TPSA) is 92.3 Å². The monoisotopic (exact) mass is 392 g/mol. The van der Waals surface area contributed by atoms with Gasteiger partial charge < -0.3 is 5.32 Å². The smallest absolute Gasteiger partial charge is 0.261 e. The van der Waals surface area contributed by atoms with Crippen molar-refractivity contribution in [3.63, 3.8) is 0 Å². The van der Waals surface area contributed by atoms with Crippen LogP contribution < -0.4 is 5.32 Å². The molecule has 140 valence electrons. The zero-order valence-corrected chi connectivity index (χ0v) is 15.6. The zero-order chi connectivity index (χ0) is 19.5. The first-order chi connectivity index (χ1) is 13.6. The molecule has 0 saturated heterocycles. The van der Waals surface area contributed by atoms with Crippen molar-refractivity contribution in [2.45, 2.75) is 12.8 Å². The summed E-state index contributed by atoms with van der Waals surface area (Å²) in [5.74, 6) is -0.812. The summed E-state index contributed by atoms with van der Waals surface area (Å²) in [6.07, 6.45) is 3.98. The molecular formula is C20H16N4O3S. The molecular weight excluding hydrogens is 376 g/mol. The van der Waals surface area contributed by atoms with Gasteiger partial charge in [-0.3, -0.25) is 24.3 Å². The molecule has 0 bridgehead atoms. The first-order valence-electron chi connectivity index (χ1n) is 8.74. The number of aromatic nitrogens is 2. The van der Waals surface area contributed by atoms with Gasteiger partial charge in [0.1, 0.15) is 0 Å². The number of carbonyl (C=O) groups excluding carboxylic acids is 3. The van der Waals surface area contributed by atoms with E-state index in [1.54, 1.807) is 36.7 Å². The highest BCUT2D eigenvalue weighted by Gasteiger charge is 2.34. The predicted octanol–water partition coefficient (Wildman–Crippen LogP) is 3.22. The van der Waals surface area contributed by atoms with Gasteiger partial charge in [0, 0.05) is 36.3 Å². The zero-order valence-electron chi connectivity index (χ0n) is 14.8. The Bertz CT molecular complexity index is 1010. The van der Waals surface area contributed by atoms with Gasteiger partial charge in [-0.25, -0.2) is 4.98 Å². The number of anilines is 1. The van der Waals surface area contributed by atoms with Crippen LogP contribution in [0.1, 0.15) is 33.6 Å². The van der Waals surface area contributed by atoms with Crippen LogP contribution in [0.25, 0.3) is 11.3 Å². The number of nitrogens with one attached hydrogen (secondary N) is 1. The number of rotatable bonds is 6. The number of amides is 3. The van der Waals surface area contributed by atoms with Gasteiger partial charge in [0.25, 0.3) is 11.8 Å². The third-order valence-corrected chi connectivity index (χ3v) is 5.13. The van der Waals surface area contributed by atoms with Gasteiger partial charge in [-0.1, -0.05) is 12.1 Å². The first-order valence-corrected chi connectivity index (χ1v) is 9.62. The van der Waals surface area contributed by atoms with Crippen molar-refractivity contribution < 1.29 is 14.4 Å². The van der Waals surface area contributed by atoms with Gasteiger partial charge in [0.2, 0.25) is 5.91 Å². The number of carbonyl (C=O) groups is 3. The second kappa shape index (κ2) is 7.69. The number of imide groups is 1. The van der Waals surface area contributed by atoms with Crippen LogP contribution in [0.3, 0.4) is 0 Å². The van der Waals surface area contributed by atoms with Crippen molar-refractivity contribution in [2.75, 3.05) is 11.9 Å². The van der Waals surface area contributed by atoms with Crippen LogP contribution in [0.5, 0.6) is 0 Å². The maximum absolute atomic E-state index is 12.3. The summed E-state index contributed by atoms with van der Waals surface area (Å²) < 4.78 is 0. The summed E-state index contributed by atoms with van der Waals surface area (Å²) in [7, 11) is 0. The van der Waals surface area contributed by atoms with Crippen LogP contribution in [-0.4, -0.2) is 39.1 Å². The van der Waals surface area contributed by atoms with E-state index in [1.165, 1.54) is 16.2 Å².